The molecule has 168 valence electrons. The van der Waals surface area contributed by atoms with Crippen molar-refractivity contribution in [1.82, 2.24) is 15.1 Å². The summed E-state index contributed by atoms with van der Waals surface area (Å²) in [4.78, 5) is 24.5. The lowest BCUT2D eigenvalue weighted by Crippen LogP contribution is -2.27. The number of thioether (sulfide) groups is 1. The van der Waals surface area contributed by atoms with E-state index in [4.69, 9.17) is 0 Å². The van der Waals surface area contributed by atoms with E-state index in [0.717, 1.165) is 28.3 Å². The van der Waals surface area contributed by atoms with Gasteiger partial charge in [0.25, 0.3) is 5.69 Å². The van der Waals surface area contributed by atoms with Crippen LogP contribution in [0.5, 0.6) is 0 Å². The lowest BCUT2D eigenvalue weighted by Gasteiger charge is -2.05. The maximum atomic E-state index is 12.6. The van der Waals surface area contributed by atoms with Crippen LogP contribution in [0, 0.1) is 10.1 Å². The summed E-state index contributed by atoms with van der Waals surface area (Å²) in [5.74, 6) is 1.70. The molecule has 0 saturated carbocycles. The van der Waals surface area contributed by atoms with E-state index in [2.05, 4.69) is 21.9 Å². The molecule has 7 nitrogen and oxygen atoms in total. The Morgan fingerprint density at radius 3 is 2.58 bits per heavy atom. The van der Waals surface area contributed by atoms with Gasteiger partial charge in [0.15, 0.2) is 0 Å². The summed E-state index contributed by atoms with van der Waals surface area (Å²) in [6, 6.07) is 20.0. The number of benzene rings is 2. The molecule has 0 spiro atoms. The van der Waals surface area contributed by atoms with Crippen LogP contribution in [-0.2, 0) is 17.0 Å². The van der Waals surface area contributed by atoms with Crippen molar-refractivity contribution < 1.29 is 9.72 Å². The molecule has 0 fully saturated rings. The maximum absolute atomic E-state index is 12.6. The molecule has 0 atom stereocenters. The molecule has 1 amide bonds. The van der Waals surface area contributed by atoms with Crippen molar-refractivity contribution in [2.24, 2.45) is 0 Å². The molecular formula is C24H22N4O3S2. The highest BCUT2D eigenvalue weighted by Gasteiger charge is 2.16. The molecule has 0 aliphatic carbocycles. The van der Waals surface area contributed by atoms with Crippen molar-refractivity contribution >= 4 is 34.7 Å². The SMILES string of the molecule is O=C(Cc1cn(-c2ccccc2)nc1-c1ccc([N+](=O)[O-])cc1)NCCSCc1cccs1. The Balaban J connectivity index is 1.45. The van der Waals surface area contributed by atoms with Gasteiger partial charge in [0.2, 0.25) is 5.91 Å². The van der Waals surface area contributed by atoms with Crippen molar-refractivity contribution in [2.45, 2.75) is 12.2 Å². The first-order valence-electron chi connectivity index (χ1n) is 10.4. The largest absolute Gasteiger partial charge is 0.355 e. The number of nitro benzene ring substituents is 1. The first-order valence-corrected chi connectivity index (χ1v) is 12.4. The number of nitrogens with one attached hydrogen (secondary N) is 1. The monoisotopic (exact) mass is 478 g/mol. The lowest BCUT2D eigenvalue weighted by atomic mass is 10.1. The van der Waals surface area contributed by atoms with Crippen molar-refractivity contribution in [2.75, 3.05) is 12.3 Å². The molecule has 9 heteroatoms. The number of thiophene rings is 1. The second kappa shape index (κ2) is 10.9. The molecule has 0 radical (unpaired) electrons. The summed E-state index contributed by atoms with van der Waals surface area (Å²) in [6.45, 7) is 0.592. The third-order valence-electron chi connectivity index (χ3n) is 4.91. The van der Waals surface area contributed by atoms with Crippen LogP contribution in [0.15, 0.2) is 78.3 Å². The topological polar surface area (TPSA) is 90.1 Å². The average Bonchev–Trinajstić information content (AvgIpc) is 3.50. The number of aromatic nitrogens is 2. The molecule has 0 unspecified atom stereocenters. The van der Waals surface area contributed by atoms with E-state index in [1.54, 1.807) is 39.9 Å². The Kier molecular flexibility index (Phi) is 7.54. The van der Waals surface area contributed by atoms with Crippen molar-refractivity contribution in [3.05, 3.63) is 98.9 Å². The smallest absolute Gasteiger partial charge is 0.269 e. The molecule has 2 aromatic heterocycles. The van der Waals surface area contributed by atoms with Gasteiger partial charge in [-0.05, 0) is 35.7 Å². The second-order valence-corrected chi connectivity index (χ2v) is 9.38. The highest BCUT2D eigenvalue weighted by molar-refractivity contribution is 7.98. The number of hydrogen-bond acceptors (Lipinski definition) is 6. The van der Waals surface area contributed by atoms with Crippen LogP contribution in [0.1, 0.15) is 10.4 Å². The van der Waals surface area contributed by atoms with Gasteiger partial charge in [-0.15, -0.1) is 11.3 Å². The van der Waals surface area contributed by atoms with Gasteiger partial charge in [-0.1, -0.05) is 24.3 Å². The van der Waals surface area contributed by atoms with Gasteiger partial charge in [-0.25, -0.2) is 4.68 Å². The van der Waals surface area contributed by atoms with E-state index in [9.17, 15) is 14.9 Å². The summed E-state index contributed by atoms with van der Waals surface area (Å²) in [5.41, 5.74) is 3.01. The minimum absolute atomic E-state index is 0.0144. The van der Waals surface area contributed by atoms with Crippen LogP contribution in [0.2, 0.25) is 0 Å². The van der Waals surface area contributed by atoms with E-state index in [1.165, 1.54) is 17.0 Å². The number of nitro groups is 1. The average molecular weight is 479 g/mol. The molecular weight excluding hydrogens is 456 g/mol. The summed E-state index contributed by atoms with van der Waals surface area (Å²) >= 11 is 3.53. The summed E-state index contributed by atoms with van der Waals surface area (Å²) in [7, 11) is 0. The van der Waals surface area contributed by atoms with Gasteiger partial charge in [0.05, 0.1) is 22.7 Å². The molecule has 33 heavy (non-hydrogen) atoms. The summed E-state index contributed by atoms with van der Waals surface area (Å²) in [6.07, 6.45) is 2.02. The number of non-ortho nitro benzene ring substituents is 1. The molecule has 0 aliphatic heterocycles. The standard InChI is InChI=1S/C24H22N4O3S2/c29-23(25-12-14-32-17-22-7-4-13-33-22)15-19-16-27(20-5-2-1-3-6-20)26-24(19)18-8-10-21(11-9-18)28(30)31/h1-11,13,16H,12,14-15,17H2,(H,25,29). The van der Waals surface area contributed by atoms with Gasteiger partial charge in [-0.3, -0.25) is 14.9 Å². The van der Waals surface area contributed by atoms with Crippen LogP contribution in [0.25, 0.3) is 16.9 Å². The van der Waals surface area contributed by atoms with Gasteiger partial charge in [0.1, 0.15) is 0 Å². The van der Waals surface area contributed by atoms with Gasteiger partial charge >= 0.3 is 0 Å². The highest BCUT2D eigenvalue weighted by Crippen LogP contribution is 2.26. The normalized spacial score (nSPS) is 10.8. The Labute approximate surface area is 199 Å². The number of carbonyl (C=O) groups is 1. The van der Waals surface area contributed by atoms with Gasteiger partial charge in [-0.2, -0.15) is 16.9 Å². The maximum Gasteiger partial charge on any atom is 0.269 e. The number of amides is 1. The summed E-state index contributed by atoms with van der Waals surface area (Å²) < 4.78 is 1.73. The van der Waals surface area contributed by atoms with Crippen LogP contribution in [0.3, 0.4) is 0 Å². The zero-order chi connectivity index (χ0) is 23.0. The Morgan fingerprint density at radius 1 is 1.09 bits per heavy atom. The van der Waals surface area contributed by atoms with Gasteiger partial charge < -0.3 is 5.32 Å². The summed E-state index contributed by atoms with van der Waals surface area (Å²) in [5, 5.41) is 20.7. The van der Waals surface area contributed by atoms with E-state index in [1.807, 2.05) is 42.6 Å². The fraction of sp³-hybridized carbons (Fsp3) is 0.167. The lowest BCUT2D eigenvalue weighted by molar-refractivity contribution is -0.384. The number of hydrogen-bond donors (Lipinski definition) is 1. The highest BCUT2D eigenvalue weighted by atomic mass is 32.2. The van der Waals surface area contributed by atoms with Crippen LogP contribution in [0.4, 0.5) is 5.69 Å². The van der Waals surface area contributed by atoms with E-state index < -0.39 is 4.92 Å². The van der Waals surface area contributed by atoms with Gasteiger partial charge in [0, 0.05) is 52.4 Å². The minimum Gasteiger partial charge on any atom is -0.355 e. The third-order valence-corrected chi connectivity index (χ3v) is 6.97. The third kappa shape index (κ3) is 6.09. The minimum atomic E-state index is -0.433. The molecule has 4 rings (SSSR count). The van der Waals surface area contributed by atoms with Crippen molar-refractivity contribution in [1.29, 1.82) is 0 Å². The molecule has 1 N–H and O–H groups in total. The number of nitrogens with zero attached hydrogens (tertiary/aromatic N) is 3. The van der Waals surface area contributed by atoms with Crippen LogP contribution < -0.4 is 5.32 Å². The molecule has 4 aromatic rings. The Bertz CT molecular complexity index is 1210. The fourth-order valence-corrected chi connectivity index (χ4v) is 5.00. The predicted octanol–water partition coefficient (Wildman–Crippen LogP) is 5.10. The fourth-order valence-electron chi connectivity index (χ4n) is 3.30. The van der Waals surface area contributed by atoms with Crippen molar-refractivity contribution in [3.8, 4) is 16.9 Å². The first kappa shape index (κ1) is 22.8. The number of rotatable bonds is 10. The molecule has 0 saturated heterocycles. The van der Waals surface area contributed by atoms with Crippen LogP contribution in [-0.4, -0.2) is 32.9 Å². The molecule has 0 bridgehead atoms. The number of carbonyl (C=O) groups excluding carboxylic acids is 1. The van der Waals surface area contributed by atoms with Crippen LogP contribution >= 0.6 is 23.1 Å². The Hall–Kier alpha value is -3.43. The van der Waals surface area contributed by atoms with E-state index >= 15 is 0 Å². The first-order chi connectivity index (χ1) is 16.1. The zero-order valence-corrected chi connectivity index (χ0v) is 19.3. The molecule has 2 aromatic carbocycles. The quantitative estimate of drug-likeness (QED) is 0.195. The number of para-hydroxylation sites is 1. The molecule has 2 heterocycles. The van der Waals surface area contributed by atoms with Crippen molar-refractivity contribution in [3.63, 3.8) is 0 Å². The Morgan fingerprint density at radius 2 is 1.88 bits per heavy atom. The van der Waals surface area contributed by atoms with E-state index in [-0.39, 0.29) is 18.0 Å². The molecule has 0 aliphatic rings. The predicted molar refractivity (Wildman–Crippen MR) is 133 cm³/mol. The zero-order valence-electron chi connectivity index (χ0n) is 17.7. The van der Waals surface area contributed by atoms with E-state index in [0.29, 0.717) is 12.2 Å². The second-order valence-electron chi connectivity index (χ2n) is 7.25.